The summed E-state index contributed by atoms with van der Waals surface area (Å²) in [7, 11) is 2.40. The van der Waals surface area contributed by atoms with Crippen LogP contribution < -0.4 is 5.32 Å². The lowest BCUT2D eigenvalue weighted by Gasteiger charge is -2.50. The van der Waals surface area contributed by atoms with Crippen LogP contribution in [0.4, 0.5) is 0 Å². The fourth-order valence-corrected chi connectivity index (χ4v) is 5.78. The molecular weight excluding hydrogens is 634 g/mol. The van der Waals surface area contributed by atoms with E-state index >= 15 is 0 Å². The lowest BCUT2D eigenvalue weighted by atomic mass is 9.88. The van der Waals surface area contributed by atoms with Gasteiger partial charge in [0.2, 0.25) is 5.91 Å². The van der Waals surface area contributed by atoms with Crippen molar-refractivity contribution in [2.45, 2.75) is 93.5 Å². The summed E-state index contributed by atoms with van der Waals surface area (Å²) < 4.78 is 41.1. The molecule has 0 saturated carbocycles. The van der Waals surface area contributed by atoms with Crippen molar-refractivity contribution in [3.05, 3.63) is 71.8 Å². The maximum atomic E-state index is 13.5. The van der Waals surface area contributed by atoms with Gasteiger partial charge in [-0.3, -0.25) is 4.79 Å². The van der Waals surface area contributed by atoms with Crippen LogP contribution in [0, 0.1) is 0 Å². The Morgan fingerprint density at radius 3 is 2.17 bits per heavy atom. The van der Waals surface area contributed by atoms with Crippen LogP contribution in [0.25, 0.3) is 0 Å². The predicted octanol–water partition coefficient (Wildman–Crippen LogP) is -0.856. The molecule has 48 heavy (non-hydrogen) atoms. The van der Waals surface area contributed by atoms with Gasteiger partial charge in [0.25, 0.3) is 5.79 Å². The third-order valence-electron chi connectivity index (χ3n) is 8.21. The minimum absolute atomic E-state index is 0.0137. The average molecular weight is 680 g/mol. The highest BCUT2D eigenvalue weighted by atomic mass is 16.8. The summed E-state index contributed by atoms with van der Waals surface area (Å²) in [5.41, 5.74) is 1.64. The standard InChI is InChI=1S/C33H45NO14/c1-19(36)34-25-22(37)14-33(32(41)43-3,47-28(25)26(39)23(38)15-35)48-29-27(40)24(18-44-16-20-10-6-4-7-11-20)46-31(42-2)30(29)45-17-21-12-8-5-9-13-21/h4-13,22-31,35,37-40H,14-18H2,1-3H3,(H,34,36)/t22-,23+,24+,25+,26+,27-,28+,29-,30+,31+,33-/m0/s1. The number of carbonyl (C=O) groups is 2. The van der Waals surface area contributed by atoms with Gasteiger partial charge in [-0.15, -0.1) is 0 Å². The molecular formula is C33H45NO14. The van der Waals surface area contributed by atoms with E-state index in [0.717, 1.165) is 25.2 Å². The SMILES string of the molecule is COC(=O)[C@@]1(O[C@H]2[C@@H](O)[C@@H](COCc3ccccc3)O[C@@H](OC)[C@@H]2OCc2ccccc2)C[C@H](O)[C@@H](NC(C)=O)[C@H]([C@H](O)[C@H](O)CO)O1. The second-order valence-corrected chi connectivity index (χ2v) is 11.7. The number of methoxy groups -OCH3 is 2. The van der Waals surface area contributed by atoms with Crippen LogP contribution in [0.3, 0.4) is 0 Å². The molecule has 4 rings (SSSR count). The van der Waals surface area contributed by atoms with Crippen molar-refractivity contribution in [1.29, 1.82) is 0 Å². The zero-order valence-corrected chi connectivity index (χ0v) is 27.0. The van der Waals surface area contributed by atoms with Gasteiger partial charge in [-0.25, -0.2) is 4.79 Å². The van der Waals surface area contributed by atoms with E-state index in [1.54, 1.807) is 0 Å². The number of rotatable bonds is 15. The first kappa shape index (κ1) is 37.8. The number of aliphatic hydroxyl groups excluding tert-OH is 5. The smallest absolute Gasteiger partial charge is 0.366 e. The van der Waals surface area contributed by atoms with Crippen LogP contribution in [-0.2, 0) is 56.0 Å². The van der Waals surface area contributed by atoms with Crippen LogP contribution in [0.1, 0.15) is 24.5 Å². The monoisotopic (exact) mass is 679 g/mol. The Bertz CT molecular complexity index is 1290. The summed E-state index contributed by atoms with van der Waals surface area (Å²) in [6.07, 6.45) is -14.2. The van der Waals surface area contributed by atoms with Crippen LogP contribution in [-0.4, -0.2) is 132 Å². The number of ether oxygens (including phenoxy) is 7. The van der Waals surface area contributed by atoms with E-state index in [0.29, 0.717) is 0 Å². The van der Waals surface area contributed by atoms with Crippen LogP contribution in [0.15, 0.2) is 60.7 Å². The van der Waals surface area contributed by atoms with E-state index in [4.69, 9.17) is 33.2 Å². The van der Waals surface area contributed by atoms with Crippen LogP contribution >= 0.6 is 0 Å². The zero-order valence-electron chi connectivity index (χ0n) is 27.0. The third-order valence-corrected chi connectivity index (χ3v) is 8.21. The van der Waals surface area contributed by atoms with E-state index in [2.05, 4.69) is 5.32 Å². The van der Waals surface area contributed by atoms with E-state index in [9.17, 15) is 35.1 Å². The Morgan fingerprint density at radius 1 is 0.979 bits per heavy atom. The predicted molar refractivity (Wildman–Crippen MR) is 165 cm³/mol. The third kappa shape index (κ3) is 9.13. The fraction of sp³-hybridized carbons (Fsp3) is 0.576. The number of carbonyl (C=O) groups excluding carboxylic acids is 2. The van der Waals surface area contributed by atoms with Crippen molar-refractivity contribution >= 4 is 11.9 Å². The van der Waals surface area contributed by atoms with E-state index in [1.807, 2.05) is 60.7 Å². The Morgan fingerprint density at radius 2 is 1.60 bits per heavy atom. The molecule has 266 valence electrons. The first-order chi connectivity index (χ1) is 23.0. The highest BCUT2D eigenvalue weighted by Crippen LogP contribution is 2.39. The number of benzene rings is 2. The lowest BCUT2D eigenvalue weighted by Crippen LogP contribution is -2.70. The van der Waals surface area contributed by atoms with Crippen LogP contribution in [0.2, 0.25) is 0 Å². The minimum atomic E-state index is -2.53. The molecule has 15 heteroatoms. The molecule has 1 amide bonds. The quantitative estimate of drug-likeness (QED) is 0.127. The van der Waals surface area contributed by atoms with Gasteiger partial charge in [0.05, 0.1) is 45.7 Å². The van der Waals surface area contributed by atoms with Gasteiger partial charge in [-0.1, -0.05) is 60.7 Å². The Kier molecular flexibility index (Phi) is 13.8. The Balaban J connectivity index is 1.69. The summed E-state index contributed by atoms with van der Waals surface area (Å²) in [6, 6.07) is 17.1. The van der Waals surface area contributed by atoms with E-state index in [-0.39, 0.29) is 19.8 Å². The largest absolute Gasteiger partial charge is 0.465 e. The molecule has 0 aliphatic carbocycles. The summed E-state index contributed by atoms with van der Waals surface area (Å²) >= 11 is 0. The summed E-state index contributed by atoms with van der Waals surface area (Å²) in [6.45, 7) is 0.326. The second kappa shape index (κ2) is 17.6. The summed E-state index contributed by atoms with van der Waals surface area (Å²) in [5.74, 6) is -4.31. The number of amides is 1. The zero-order chi connectivity index (χ0) is 34.8. The molecule has 0 unspecified atom stereocenters. The van der Waals surface area contributed by atoms with Gasteiger partial charge in [-0.05, 0) is 11.1 Å². The molecule has 2 aliphatic heterocycles. The van der Waals surface area contributed by atoms with Gasteiger partial charge >= 0.3 is 5.97 Å². The first-order valence-electron chi connectivity index (χ1n) is 15.5. The second-order valence-electron chi connectivity index (χ2n) is 11.7. The van der Waals surface area contributed by atoms with E-state index in [1.165, 1.54) is 7.11 Å². The number of hydrogen-bond donors (Lipinski definition) is 6. The van der Waals surface area contributed by atoms with Crippen molar-refractivity contribution in [1.82, 2.24) is 5.32 Å². The van der Waals surface area contributed by atoms with Crippen molar-refractivity contribution in [2.75, 3.05) is 27.4 Å². The maximum absolute atomic E-state index is 13.5. The molecule has 6 N–H and O–H groups in total. The molecule has 2 saturated heterocycles. The van der Waals surface area contributed by atoms with Crippen molar-refractivity contribution in [3.8, 4) is 0 Å². The number of nitrogens with one attached hydrogen (secondary N) is 1. The van der Waals surface area contributed by atoms with Gasteiger partial charge in [-0.2, -0.15) is 0 Å². The number of esters is 1. The first-order valence-corrected chi connectivity index (χ1v) is 15.5. The normalized spacial score (nSPS) is 31.8. The van der Waals surface area contributed by atoms with Gasteiger partial charge in [0.15, 0.2) is 6.29 Å². The molecule has 15 nitrogen and oxygen atoms in total. The molecule has 0 bridgehead atoms. The number of aliphatic hydroxyl groups is 5. The summed E-state index contributed by atoms with van der Waals surface area (Å²) in [4.78, 5) is 25.5. The Labute approximate surface area is 278 Å². The van der Waals surface area contributed by atoms with Crippen molar-refractivity contribution in [2.24, 2.45) is 0 Å². The summed E-state index contributed by atoms with van der Waals surface area (Å²) in [5, 5.41) is 56.2. The van der Waals surface area contributed by atoms with Gasteiger partial charge in [0, 0.05) is 20.5 Å². The average Bonchev–Trinajstić information content (AvgIpc) is 3.09. The molecule has 2 aliphatic rings. The molecule has 2 fully saturated rings. The molecule has 11 atom stereocenters. The number of hydrogen-bond acceptors (Lipinski definition) is 14. The van der Waals surface area contributed by atoms with Crippen LogP contribution in [0.5, 0.6) is 0 Å². The molecule has 0 spiro atoms. The highest BCUT2D eigenvalue weighted by Gasteiger charge is 2.60. The molecule has 2 heterocycles. The van der Waals surface area contributed by atoms with Gasteiger partial charge in [0.1, 0.15) is 42.7 Å². The maximum Gasteiger partial charge on any atom is 0.366 e. The van der Waals surface area contributed by atoms with Crippen molar-refractivity contribution < 1.29 is 68.3 Å². The molecule has 2 aromatic carbocycles. The van der Waals surface area contributed by atoms with Crippen molar-refractivity contribution in [3.63, 3.8) is 0 Å². The lowest BCUT2D eigenvalue weighted by molar-refractivity contribution is -0.373. The molecule has 2 aromatic rings. The highest BCUT2D eigenvalue weighted by molar-refractivity contribution is 5.78. The van der Waals surface area contributed by atoms with E-state index < -0.39 is 91.9 Å². The minimum Gasteiger partial charge on any atom is -0.465 e. The molecule has 0 radical (unpaired) electrons. The fourth-order valence-electron chi connectivity index (χ4n) is 5.78. The molecule has 0 aromatic heterocycles. The topological polar surface area (TPSA) is 212 Å². The van der Waals surface area contributed by atoms with Gasteiger partial charge < -0.3 is 64.0 Å². The Hall–Kier alpha value is -3.06.